The average molecular weight is 777 g/mol. The Bertz CT molecular complexity index is 1990. The summed E-state index contributed by atoms with van der Waals surface area (Å²) in [6.45, 7) is 9.70. The largest absolute Gasteiger partial charge is 0.497 e. The number of carboxylic acids is 2. The van der Waals surface area contributed by atoms with E-state index in [1.165, 1.54) is 6.20 Å². The zero-order valence-corrected chi connectivity index (χ0v) is 32.9. The van der Waals surface area contributed by atoms with Crippen LogP contribution in [0.25, 0.3) is 0 Å². The molecule has 0 radical (unpaired) electrons. The molecule has 5 atom stereocenters. The molecule has 1 saturated heterocycles. The van der Waals surface area contributed by atoms with Gasteiger partial charge in [0.15, 0.2) is 20.6 Å². The van der Waals surface area contributed by atoms with Gasteiger partial charge in [0, 0.05) is 12.3 Å². The van der Waals surface area contributed by atoms with Crippen LogP contribution < -0.4 is 20.7 Å². The van der Waals surface area contributed by atoms with Crippen LogP contribution in [-0.4, -0.2) is 85.3 Å². The number of aliphatic carboxylic acids is 2. The van der Waals surface area contributed by atoms with Crippen LogP contribution in [0.15, 0.2) is 101 Å². The van der Waals surface area contributed by atoms with Crippen LogP contribution >= 0.6 is 0 Å². The number of hydrogen-bond acceptors (Lipinski definition) is 10. The Hall–Kier alpha value is -5.06. The summed E-state index contributed by atoms with van der Waals surface area (Å²) in [5.41, 5.74) is -0.611. The molecule has 2 unspecified atom stereocenters. The smallest absolute Gasteiger partial charge is 0.333 e. The van der Waals surface area contributed by atoms with E-state index < -0.39 is 74.2 Å². The van der Waals surface area contributed by atoms with E-state index in [4.69, 9.17) is 28.1 Å². The number of ether oxygens (including phenoxy) is 5. The van der Waals surface area contributed by atoms with Gasteiger partial charge in [-0.05, 0) is 59.1 Å². The van der Waals surface area contributed by atoms with Crippen molar-refractivity contribution >= 4 is 20.3 Å². The molecule has 4 aromatic rings. The lowest BCUT2D eigenvalue weighted by Crippen LogP contribution is -2.52. The van der Waals surface area contributed by atoms with Gasteiger partial charge >= 0.3 is 17.6 Å². The van der Waals surface area contributed by atoms with Crippen LogP contribution in [0.3, 0.4) is 0 Å². The van der Waals surface area contributed by atoms with E-state index in [-0.39, 0.29) is 11.6 Å². The predicted octanol–water partition coefficient (Wildman–Crippen LogP) is 5.16. The molecule has 0 amide bonds. The molecule has 0 bridgehead atoms. The molecule has 3 N–H and O–H groups in total. The van der Waals surface area contributed by atoms with Crippen molar-refractivity contribution < 1.29 is 47.9 Å². The number of methoxy groups -OCH3 is 2. The molecular weight excluding hydrogens is 729 g/mol. The lowest BCUT2D eigenvalue weighted by Gasteiger charge is -2.41. The summed E-state index contributed by atoms with van der Waals surface area (Å²) in [5.74, 6) is -1.67. The molecule has 3 aromatic carbocycles. The first-order chi connectivity index (χ1) is 26.0. The molecule has 2 heterocycles. The summed E-state index contributed by atoms with van der Waals surface area (Å²) in [5, 5.41) is 19.5. The molecule has 1 aromatic heterocycles. The highest BCUT2D eigenvalue weighted by molar-refractivity contribution is 6.74. The second kappa shape index (κ2) is 16.8. The highest BCUT2D eigenvalue weighted by atomic mass is 28.4. The normalized spacial score (nSPS) is 19.5. The standard InChI is InChI=1S/C40H48N2O12Si/c1-39(2,3)55(6,7)54-35-34(52-30(37(46)47)23-33(44)45)31(53-36(35)42-22-21-32(43)41-38(42)48)24-51-40(25-11-9-8-10-12-25,26-13-17-28(49-4)18-14-26)27-15-19-29(50-5)20-16-27/h8-22,30-31,34-36H,23-24H2,1-7H3,(H,44,45)(H,46,47)(H,41,43,48)/t30?,31-,34?,35-,36-/m1/s1. The third-order valence-corrected chi connectivity index (χ3v) is 14.7. The number of benzene rings is 3. The lowest BCUT2D eigenvalue weighted by molar-refractivity contribution is -0.168. The average Bonchev–Trinajstić information content (AvgIpc) is 3.46. The zero-order valence-electron chi connectivity index (χ0n) is 31.9. The van der Waals surface area contributed by atoms with Gasteiger partial charge in [-0.2, -0.15) is 0 Å². The van der Waals surface area contributed by atoms with Crippen LogP contribution in [-0.2, 0) is 33.8 Å². The summed E-state index contributed by atoms with van der Waals surface area (Å²) in [7, 11) is 0.369. The van der Waals surface area contributed by atoms with Crippen molar-refractivity contribution in [2.75, 3.05) is 20.8 Å². The molecule has 14 nitrogen and oxygen atoms in total. The molecule has 0 saturated carbocycles. The molecule has 1 aliphatic rings. The molecule has 15 heteroatoms. The summed E-state index contributed by atoms with van der Waals surface area (Å²) >= 11 is 0. The van der Waals surface area contributed by atoms with E-state index in [1.54, 1.807) is 14.2 Å². The van der Waals surface area contributed by atoms with Crippen molar-refractivity contribution in [2.45, 2.75) is 81.6 Å². The number of H-pyrrole nitrogens is 1. The van der Waals surface area contributed by atoms with E-state index in [0.717, 1.165) is 16.2 Å². The summed E-state index contributed by atoms with van der Waals surface area (Å²) < 4.78 is 38.9. The van der Waals surface area contributed by atoms with Gasteiger partial charge in [-0.3, -0.25) is 19.1 Å². The van der Waals surface area contributed by atoms with Gasteiger partial charge in [0.2, 0.25) is 0 Å². The number of hydrogen-bond donors (Lipinski definition) is 3. The third kappa shape index (κ3) is 8.92. The molecule has 1 fully saturated rings. The molecular formula is C40H48N2O12Si. The lowest BCUT2D eigenvalue weighted by atomic mass is 9.80. The van der Waals surface area contributed by atoms with Gasteiger partial charge in [0.1, 0.15) is 35.4 Å². The predicted molar refractivity (Wildman–Crippen MR) is 204 cm³/mol. The van der Waals surface area contributed by atoms with E-state index in [0.29, 0.717) is 22.6 Å². The Morgan fingerprint density at radius 2 is 1.38 bits per heavy atom. The van der Waals surface area contributed by atoms with Gasteiger partial charge < -0.3 is 38.3 Å². The van der Waals surface area contributed by atoms with Crippen LogP contribution in [0.1, 0.15) is 50.1 Å². The number of nitrogens with one attached hydrogen (secondary N) is 1. The maximum Gasteiger partial charge on any atom is 0.333 e. The quantitative estimate of drug-likeness (QED) is 0.100. The number of aromatic amines is 1. The zero-order chi connectivity index (χ0) is 40.1. The minimum atomic E-state index is -2.77. The summed E-state index contributed by atoms with van der Waals surface area (Å²) in [6.07, 6.45) is -6.23. The van der Waals surface area contributed by atoms with Crippen LogP contribution in [0, 0.1) is 0 Å². The minimum absolute atomic E-state index is 0.275. The first-order valence-corrected chi connectivity index (χ1v) is 20.6. The maximum atomic E-state index is 13.3. The number of carboxylic acid groups (broad SMARTS) is 2. The second-order valence-electron chi connectivity index (χ2n) is 14.8. The van der Waals surface area contributed by atoms with E-state index in [1.807, 2.05) is 113 Å². The molecule has 294 valence electrons. The molecule has 1 aliphatic heterocycles. The first-order valence-electron chi connectivity index (χ1n) is 17.7. The number of carbonyl (C=O) groups is 2. The summed E-state index contributed by atoms with van der Waals surface area (Å²) in [6, 6.07) is 25.4. The number of aromatic nitrogens is 2. The third-order valence-electron chi connectivity index (χ3n) is 10.2. The highest BCUT2D eigenvalue weighted by Crippen LogP contribution is 2.45. The van der Waals surface area contributed by atoms with Crippen molar-refractivity contribution in [3.05, 3.63) is 129 Å². The van der Waals surface area contributed by atoms with Crippen LogP contribution in [0.4, 0.5) is 0 Å². The van der Waals surface area contributed by atoms with Gasteiger partial charge in [-0.1, -0.05) is 75.4 Å². The Morgan fingerprint density at radius 1 is 0.836 bits per heavy atom. The molecule has 0 spiro atoms. The summed E-state index contributed by atoms with van der Waals surface area (Å²) in [4.78, 5) is 52.1. The van der Waals surface area contributed by atoms with Gasteiger partial charge in [0.25, 0.3) is 5.56 Å². The fourth-order valence-electron chi connectivity index (χ4n) is 6.32. The number of rotatable bonds is 16. The molecule has 5 rings (SSSR count). The fraction of sp³-hybridized carbons (Fsp3) is 0.400. The maximum absolute atomic E-state index is 13.3. The van der Waals surface area contributed by atoms with Gasteiger partial charge in [-0.15, -0.1) is 0 Å². The SMILES string of the molecule is COc1ccc(C(OC[C@H]2O[C@@H](n3ccc(=O)[nH]c3=O)[C@H](O[Si](C)(C)C(C)(C)C)C2OC(CC(=O)O)C(=O)O)(c2ccccc2)c2ccc(OC)cc2)cc1. The van der Waals surface area contributed by atoms with Crippen molar-refractivity contribution in [3.8, 4) is 11.5 Å². The van der Waals surface area contributed by atoms with Crippen LogP contribution in [0.2, 0.25) is 18.1 Å². The molecule has 55 heavy (non-hydrogen) atoms. The van der Waals surface area contributed by atoms with E-state index >= 15 is 0 Å². The second-order valence-corrected chi connectivity index (χ2v) is 19.5. The van der Waals surface area contributed by atoms with Crippen LogP contribution in [0.5, 0.6) is 11.5 Å². The Balaban J connectivity index is 1.70. The number of nitrogens with zero attached hydrogens (tertiary/aromatic N) is 1. The first kappa shape index (κ1) is 41.1. The fourth-order valence-corrected chi connectivity index (χ4v) is 7.61. The Kier molecular flexibility index (Phi) is 12.5. The monoisotopic (exact) mass is 776 g/mol. The van der Waals surface area contributed by atoms with Crippen molar-refractivity contribution in [3.63, 3.8) is 0 Å². The minimum Gasteiger partial charge on any atom is -0.497 e. The molecule has 0 aliphatic carbocycles. The van der Waals surface area contributed by atoms with E-state index in [9.17, 15) is 29.4 Å². The van der Waals surface area contributed by atoms with E-state index in [2.05, 4.69) is 4.98 Å². The highest BCUT2D eigenvalue weighted by Gasteiger charge is 2.54. The van der Waals surface area contributed by atoms with Crippen molar-refractivity contribution in [1.29, 1.82) is 0 Å². The Labute approximate surface area is 319 Å². The van der Waals surface area contributed by atoms with Gasteiger partial charge in [-0.25, -0.2) is 9.59 Å². The Morgan fingerprint density at radius 3 is 1.85 bits per heavy atom. The van der Waals surface area contributed by atoms with Crippen molar-refractivity contribution in [1.82, 2.24) is 9.55 Å². The topological polar surface area (TPSA) is 185 Å². The van der Waals surface area contributed by atoms with Crippen molar-refractivity contribution in [2.24, 2.45) is 0 Å². The van der Waals surface area contributed by atoms with Gasteiger partial charge in [0.05, 0.1) is 27.2 Å².